The number of anilines is 4. The number of halogens is 1. The Morgan fingerprint density at radius 1 is 0.684 bits per heavy atom. The van der Waals surface area contributed by atoms with Crippen LogP contribution in [-0.4, -0.2) is 87.0 Å². The first-order valence-corrected chi connectivity index (χ1v) is 21.1. The van der Waals surface area contributed by atoms with Crippen molar-refractivity contribution >= 4 is 58.2 Å². The average Bonchev–Trinajstić information content (AvgIpc) is 3.15. The summed E-state index contributed by atoms with van der Waals surface area (Å²) in [5, 5.41) is 0. The second-order valence-corrected chi connectivity index (χ2v) is 19.4. The van der Waals surface area contributed by atoms with Crippen molar-refractivity contribution < 1.29 is 36.0 Å². The highest BCUT2D eigenvalue weighted by Gasteiger charge is 2.35. The predicted molar refractivity (Wildman–Crippen MR) is 233 cm³/mol. The third-order valence-electron chi connectivity index (χ3n) is 10.5. The van der Waals surface area contributed by atoms with E-state index in [1.165, 1.54) is 42.3 Å². The molecule has 4 aromatic rings. The van der Waals surface area contributed by atoms with E-state index in [0.717, 1.165) is 13.1 Å². The Bertz CT molecular complexity index is 1890. The van der Waals surface area contributed by atoms with Crippen molar-refractivity contribution in [1.82, 2.24) is 4.90 Å². The smallest absolute Gasteiger partial charge is 0.315 e. The van der Waals surface area contributed by atoms with Crippen molar-refractivity contribution in [2.45, 2.75) is 98.6 Å². The summed E-state index contributed by atoms with van der Waals surface area (Å²) in [7, 11) is 8.45. The van der Waals surface area contributed by atoms with E-state index in [9.17, 15) is 9.59 Å². The van der Waals surface area contributed by atoms with Gasteiger partial charge in [-0.3, -0.25) is 14.1 Å². The highest BCUT2D eigenvalue weighted by molar-refractivity contribution is 8.00. The maximum absolute atomic E-state index is 13.0. The van der Waals surface area contributed by atoms with E-state index in [1.54, 1.807) is 11.8 Å². The zero-order valence-corrected chi connectivity index (χ0v) is 37.9. The normalized spacial score (nSPS) is 14.4. The van der Waals surface area contributed by atoms with Gasteiger partial charge in [-0.05, 0) is 118 Å². The molecule has 0 fully saturated rings. The minimum atomic E-state index is -0.776. The molecule has 2 heterocycles. The second-order valence-electron chi connectivity index (χ2n) is 17.3. The third-order valence-corrected chi connectivity index (χ3v) is 12.7. The molecule has 0 saturated heterocycles. The number of rotatable bonds is 12. The van der Waals surface area contributed by atoms with Crippen LogP contribution < -0.4 is 22.2 Å². The number of para-hydroxylation sites is 4. The van der Waals surface area contributed by atoms with Crippen molar-refractivity contribution in [1.29, 1.82) is 0 Å². The molecule has 4 aromatic carbocycles. The summed E-state index contributed by atoms with van der Waals surface area (Å²) in [6.45, 7) is 15.7. The van der Waals surface area contributed by atoms with Crippen molar-refractivity contribution in [3.05, 3.63) is 97.1 Å². The number of fused-ring (bicyclic) bond motifs is 4. The molecule has 57 heavy (non-hydrogen) atoms. The Hall–Kier alpha value is -3.67. The van der Waals surface area contributed by atoms with Crippen LogP contribution in [0.25, 0.3) is 0 Å². The van der Waals surface area contributed by atoms with Gasteiger partial charge in [0.25, 0.3) is 0 Å². The number of carbonyl (C=O) groups excluding carboxylic acids is 2. The van der Waals surface area contributed by atoms with Crippen LogP contribution >= 0.6 is 23.5 Å². The van der Waals surface area contributed by atoms with E-state index >= 15 is 0 Å². The molecule has 0 radical (unpaired) electrons. The van der Waals surface area contributed by atoms with E-state index in [-0.39, 0.29) is 43.5 Å². The molecule has 0 saturated carbocycles. The number of nitrogens with zero attached hydrogens (tertiary/aromatic N) is 4. The van der Waals surface area contributed by atoms with Gasteiger partial charge in [0, 0.05) is 38.6 Å². The molecule has 2 unspecified atom stereocenters. The highest BCUT2D eigenvalue weighted by Crippen LogP contribution is 2.49. The van der Waals surface area contributed by atoms with E-state index in [2.05, 4.69) is 154 Å². The lowest BCUT2D eigenvalue weighted by molar-refractivity contribution is -0.927. The van der Waals surface area contributed by atoms with Gasteiger partial charge >= 0.3 is 11.9 Å². The molecule has 0 amide bonds. The monoisotopic (exact) mass is 832 g/mol. The van der Waals surface area contributed by atoms with Gasteiger partial charge in [0.1, 0.15) is 11.6 Å². The standard InChI is InChI=1S/C29H41N2O4S.C17H20N2S.ClH/c1-21(19-30-22-13-9-11-15-24(22)36-25-16-12-10-14-23(25)30)31(7,8)20-34-27(33)29(5,6)18-17-26(32)35-28(2,3)4;1-13(18(2)3)12-19-14-8-4-6-10-16(14)20-17-11-7-5-9-15(17)19;/h9-16,21H,17-20H2,1-8H3;4-11,13H,12H2,1-3H3;1H/q+1;;/p-1. The van der Waals surface area contributed by atoms with Crippen molar-refractivity contribution in [3.8, 4) is 0 Å². The van der Waals surface area contributed by atoms with Crippen molar-refractivity contribution in [2.75, 3.05) is 57.8 Å². The van der Waals surface area contributed by atoms with Gasteiger partial charge in [0.05, 0.1) is 48.8 Å². The summed E-state index contributed by atoms with van der Waals surface area (Å²) in [4.78, 5) is 37.3. The molecular formula is C46H61ClN4O4S2. The van der Waals surface area contributed by atoms with Crippen molar-refractivity contribution in [2.24, 2.45) is 5.41 Å². The minimum absolute atomic E-state index is 0. The van der Waals surface area contributed by atoms with Crippen LogP contribution in [0.3, 0.4) is 0 Å². The Labute approximate surface area is 356 Å². The summed E-state index contributed by atoms with van der Waals surface area (Å²) in [6.07, 6.45) is 0.558. The number of likely N-dealkylation sites (N-methyl/N-ethyl adjacent to an activating group) is 2. The summed E-state index contributed by atoms with van der Waals surface area (Å²) >= 11 is 3.66. The fraction of sp³-hybridized carbons (Fsp3) is 0.435. The van der Waals surface area contributed by atoms with Crippen LogP contribution in [0, 0.1) is 5.41 Å². The van der Waals surface area contributed by atoms with Gasteiger partial charge in [0.2, 0.25) is 6.73 Å². The molecule has 8 nitrogen and oxygen atoms in total. The number of hydrogen-bond donors (Lipinski definition) is 0. The molecule has 2 aliphatic rings. The first-order chi connectivity index (χ1) is 26.4. The lowest BCUT2D eigenvalue weighted by atomic mass is 9.88. The Morgan fingerprint density at radius 2 is 1.07 bits per heavy atom. The first kappa shape index (κ1) is 46.0. The fourth-order valence-corrected chi connectivity index (χ4v) is 8.52. The van der Waals surface area contributed by atoms with Crippen LogP contribution in [0.15, 0.2) is 117 Å². The van der Waals surface area contributed by atoms with Gasteiger partial charge in [-0.25, -0.2) is 0 Å². The first-order valence-electron chi connectivity index (χ1n) is 19.5. The maximum Gasteiger partial charge on any atom is 0.315 e. The summed E-state index contributed by atoms with van der Waals surface area (Å²) in [5.41, 5.74) is 3.74. The van der Waals surface area contributed by atoms with Crippen molar-refractivity contribution in [3.63, 3.8) is 0 Å². The van der Waals surface area contributed by atoms with E-state index in [4.69, 9.17) is 9.47 Å². The molecule has 11 heteroatoms. The molecule has 0 spiro atoms. The fourth-order valence-electron chi connectivity index (χ4n) is 6.33. The molecule has 0 aromatic heterocycles. The number of ether oxygens (including phenoxy) is 2. The van der Waals surface area contributed by atoms with Crippen LogP contribution in [0.4, 0.5) is 22.7 Å². The SMILES string of the molecule is CC(CN1c2ccccc2Sc2ccccc21)N(C)C.CC(CN1c2ccccc2Sc2ccccc21)[N+](C)(C)COC(=O)C(C)(C)CCC(=O)OC(C)(C)C.[Cl-]. The van der Waals surface area contributed by atoms with Gasteiger partial charge in [-0.2, -0.15) is 0 Å². The minimum Gasteiger partial charge on any atom is -1.00 e. The number of esters is 2. The van der Waals surface area contributed by atoms with E-state index in [0.29, 0.717) is 16.9 Å². The van der Waals surface area contributed by atoms with E-state index in [1.807, 2.05) is 46.4 Å². The number of benzene rings is 4. The molecule has 2 atom stereocenters. The van der Waals surface area contributed by atoms with Crippen LogP contribution in [0.1, 0.15) is 61.3 Å². The highest BCUT2D eigenvalue weighted by atomic mass is 35.5. The molecule has 308 valence electrons. The van der Waals surface area contributed by atoms with Gasteiger partial charge < -0.3 is 36.6 Å². The number of quaternary nitrogens is 1. The van der Waals surface area contributed by atoms with Crippen LogP contribution in [0.5, 0.6) is 0 Å². The Kier molecular flexibility index (Phi) is 15.7. The van der Waals surface area contributed by atoms with E-state index < -0.39 is 11.0 Å². The van der Waals surface area contributed by atoms with Gasteiger partial charge in [-0.15, -0.1) is 0 Å². The molecule has 0 N–H and O–H groups in total. The number of carbonyl (C=O) groups is 2. The van der Waals surface area contributed by atoms with Gasteiger partial charge in [-0.1, -0.05) is 72.1 Å². The Morgan fingerprint density at radius 3 is 1.46 bits per heavy atom. The lowest BCUT2D eigenvalue weighted by Gasteiger charge is -2.40. The van der Waals surface area contributed by atoms with Crippen LogP contribution in [-0.2, 0) is 19.1 Å². The molecule has 0 aliphatic carbocycles. The maximum atomic E-state index is 13.0. The quantitative estimate of drug-likeness (QED) is 0.0815. The molecule has 2 aliphatic heterocycles. The average molecular weight is 834 g/mol. The summed E-state index contributed by atoms with van der Waals surface area (Å²) in [6, 6.07) is 35.0. The number of hydrogen-bond acceptors (Lipinski definition) is 9. The zero-order chi connectivity index (χ0) is 40.8. The molecule has 6 rings (SSSR count). The third kappa shape index (κ3) is 11.9. The Balaban J connectivity index is 0.000000288. The largest absolute Gasteiger partial charge is 1.00 e. The lowest BCUT2D eigenvalue weighted by Crippen LogP contribution is -3.00. The summed E-state index contributed by atoms with van der Waals surface area (Å²) < 4.78 is 11.7. The topological polar surface area (TPSA) is 62.3 Å². The predicted octanol–water partition coefficient (Wildman–Crippen LogP) is 7.65. The molecule has 0 bridgehead atoms. The van der Waals surface area contributed by atoms with Gasteiger partial charge in [0.15, 0.2) is 0 Å². The second kappa shape index (κ2) is 19.4. The zero-order valence-electron chi connectivity index (χ0n) is 35.5. The molecular weight excluding hydrogens is 772 g/mol. The summed E-state index contributed by atoms with van der Waals surface area (Å²) in [5.74, 6) is -0.595. The van der Waals surface area contributed by atoms with Crippen LogP contribution in [0.2, 0.25) is 0 Å².